The second-order valence-corrected chi connectivity index (χ2v) is 9.21. The van der Waals surface area contributed by atoms with E-state index in [2.05, 4.69) is 10.0 Å². The molecular weight excluding hydrogens is 388 g/mol. The van der Waals surface area contributed by atoms with E-state index < -0.39 is 10.0 Å². The molecule has 1 fully saturated rings. The molecule has 2 aromatic carbocycles. The molecule has 0 heterocycles. The number of ketones is 1. The molecule has 0 bridgehead atoms. The number of carbonyl (C=O) groups is 2. The number of anilines is 1. The first-order valence-corrected chi connectivity index (χ1v) is 11.3. The lowest BCUT2D eigenvalue weighted by Crippen LogP contribution is -2.36. The van der Waals surface area contributed by atoms with Gasteiger partial charge in [-0.05, 0) is 56.5 Å². The van der Waals surface area contributed by atoms with Gasteiger partial charge in [0.1, 0.15) is 0 Å². The van der Waals surface area contributed by atoms with Crippen LogP contribution in [0.4, 0.5) is 5.69 Å². The van der Waals surface area contributed by atoms with Crippen LogP contribution >= 0.6 is 0 Å². The molecule has 0 atom stereocenters. The highest BCUT2D eigenvalue weighted by molar-refractivity contribution is 7.92. The van der Waals surface area contributed by atoms with Crippen LogP contribution in [-0.4, -0.2) is 26.2 Å². The molecule has 1 aliphatic carbocycles. The maximum atomic E-state index is 12.8. The Morgan fingerprint density at radius 3 is 2.41 bits per heavy atom. The van der Waals surface area contributed by atoms with E-state index in [9.17, 15) is 18.0 Å². The first kappa shape index (κ1) is 21.0. The second kappa shape index (κ2) is 8.78. The van der Waals surface area contributed by atoms with Crippen molar-refractivity contribution in [1.29, 1.82) is 0 Å². The number of nitrogens with one attached hydrogen (secondary N) is 2. The lowest BCUT2D eigenvalue weighted by Gasteiger charge is -2.23. The van der Waals surface area contributed by atoms with Crippen LogP contribution in [0.5, 0.6) is 0 Å². The maximum Gasteiger partial charge on any atom is 0.261 e. The van der Waals surface area contributed by atoms with E-state index in [1.807, 2.05) is 0 Å². The van der Waals surface area contributed by atoms with E-state index in [-0.39, 0.29) is 22.6 Å². The number of sulfonamides is 1. The first-order valence-electron chi connectivity index (χ1n) is 9.81. The third kappa shape index (κ3) is 5.23. The van der Waals surface area contributed by atoms with E-state index in [0.717, 1.165) is 31.2 Å². The summed E-state index contributed by atoms with van der Waals surface area (Å²) >= 11 is 0. The molecule has 1 aliphatic rings. The van der Waals surface area contributed by atoms with Gasteiger partial charge in [0.05, 0.1) is 4.90 Å². The fraction of sp³-hybridized carbons (Fsp3) is 0.364. The monoisotopic (exact) mass is 414 g/mol. The molecule has 7 heteroatoms. The number of aryl methyl sites for hydroxylation is 1. The molecule has 1 saturated carbocycles. The third-order valence-corrected chi connectivity index (χ3v) is 6.60. The van der Waals surface area contributed by atoms with Crippen LogP contribution in [0, 0.1) is 6.92 Å². The molecule has 0 radical (unpaired) electrons. The van der Waals surface area contributed by atoms with Crippen LogP contribution in [0.2, 0.25) is 0 Å². The highest BCUT2D eigenvalue weighted by atomic mass is 32.2. The van der Waals surface area contributed by atoms with Crippen LogP contribution in [0.15, 0.2) is 47.4 Å². The molecule has 3 rings (SSSR count). The predicted molar refractivity (Wildman–Crippen MR) is 113 cm³/mol. The lowest BCUT2D eigenvalue weighted by molar-refractivity contribution is 0.0926. The van der Waals surface area contributed by atoms with Crippen molar-refractivity contribution in [3.63, 3.8) is 0 Å². The Kier molecular flexibility index (Phi) is 6.37. The molecule has 0 saturated heterocycles. The van der Waals surface area contributed by atoms with Gasteiger partial charge < -0.3 is 5.32 Å². The summed E-state index contributed by atoms with van der Waals surface area (Å²) in [5.74, 6) is -0.395. The minimum atomic E-state index is -3.90. The van der Waals surface area contributed by atoms with Crippen molar-refractivity contribution in [1.82, 2.24) is 5.32 Å². The van der Waals surface area contributed by atoms with Crippen LogP contribution < -0.4 is 10.0 Å². The Labute approximate surface area is 171 Å². The van der Waals surface area contributed by atoms with Crippen molar-refractivity contribution in [2.75, 3.05) is 4.72 Å². The average molecular weight is 415 g/mol. The van der Waals surface area contributed by atoms with E-state index in [1.165, 1.54) is 31.5 Å². The third-order valence-electron chi connectivity index (χ3n) is 5.23. The normalized spacial score (nSPS) is 15.0. The Morgan fingerprint density at radius 1 is 1.00 bits per heavy atom. The Bertz CT molecular complexity index is 1020. The maximum absolute atomic E-state index is 12.8. The topological polar surface area (TPSA) is 92.3 Å². The molecular formula is C22H26N2O4S. The summed E-state index contributed by atoms with van der Waals surface area (Å²) in [5.41, 5.74) is 1.79. The summed E-state index contributed by atoms with van der Waals surface area (Å²) in [4.78, 5) is 24.3. The van der Waals surface area contributed by atoms with Gasteiger partial charge in [-0.25, -0.2) is 8.42 Å². The fourth-order valence-electron chi connectivity index (χ4n) is 3.54. The van der Waals surface area contributed by atoms with Gasteiger partial charge in [0.15, 0.2) is 5.78 Å². The molecule has 2 aromatic rings. The van der Waals surface area contributed by atoms with Gasteiger partial charge in [0, 0.05) is 22.9 Å². The zero-order valence-electron chi connectivity index (χ0n) is 16.7. The Hall–Kier alpha value is -2.67. The predicted octanol–water partition coefficient (Wildman–Crippen LogP) is 4.06. The van der Waals surface area contributed by atoms with E-state index >= 15 is 0 Å². The summed E-state index contributed by atoms with van der Waals surface area (Å²) in [6.45, 7) is 3.21. The van der Waals surface area contributed by atoms with Crippen molar-refractivity contribution < 1.29 is 18.0 Å². The number of Topliss-reactive ketones (excluding diaryl/α,β-unsaturated/α-hetero) is 1. The lowest BCUT2D eigenvalue weighted by atomic mass is 9.95. The standard InChI is InChI=1S/C22H26N2O4S/c1-15-11-12-20(14-21(15)22(26)23-18-8-4-3-5-9-18)29(27,28)24-19-10-6-7-17(13-19)16(2)25/h6-7,10-14,18,24H,3-5,8-9H2,1-2H3,(H,23,26). The van der Waals surface area contributed by atoms with Crippen LogP contribution in [-0.2, 0) is 10.0 Å². The van der Waals surface area contributed by atoms with E-state index in [1.54, 1.807) is 31.2 Å². The largest absolute Gasteiger partial charge is 0.349 e. The van der Waals surface area contributed by atoms with Crippen molar-refractivity contribution >= 4 is 27.4 Å². The van der Waals surface area contributed by atoms with Crippen molar-refractivity contribution in [2.24, 2.45) is 0 Å². The van der Waals surface area contributed by atoms with Gasteiger partial charge in [-0.3, -0.25) is 14.3 Å². The number of benzene rings is 2. The van der Waals surface area contributed by atoms with Crippen LogP contribution in [0.3, 0.4) is 0 Å². The summed E-state index contributed by atoms with van der Waals surface area (Å²) in [6, 6.07) is 11.0. The first-order chi connectivity index (χ1) is 13.8. The van der Waals surface area contributed by atoms with E-state index in [0.29, 0.717) is 16.8 Å². The summed E-state index contributed by atoms with van der Waals surface area (Å²) in [5, 5.41) is 3.03. The van der Waals surface area contributed by atoms with Gasteiger partial charge in [0.2, 0.25) is 0 Å². The molecule has 0 spiro atoms. The number of amides is 1. The SMILES string of the molecule is CC(=O)c1cccc(NS(=O)(=O)c2ccc(C)c(C(=O)NC3CCCCC3)c2)c1. The number of hydrogen-bond donors (Lipinski definition) is 2. The zero-order chi connectivity index (χ0) is 21.0. The summed E-state index contributed by atoms with van der Waals surface area (Å²) < 4.78 is 28.1. The highest BCUT2D eigenvalue weighted by Gasteiger charge is 2.21. The second-order valence-electron chi connectivity index (χ2n) is 7.53. The molecule has 2 N–H and O–H groups in total. The summed E-state index contributed by atoms with van der Waals surface area (Å²) in [6.07, 6.45) is 5.30. The smallest absolute Gasteiger partial charge is 0.261 e. The van der Waals surface area contributed by atoms with Crippen LogP contribution in [0.1, 0.15) is 65.3 Å². The molecule has 0 aromatic heterocycles. The zero-order valence-corrected chi connectivity index (χ0v) is 17.5. The quantitative estimate of drug-likeness (QED) is 0.697. The number of rotatable bonds is 6. The minimum Gasteiger partial charge on any atom is -0.349 e. The van der Waals surface area contributed by atoms with Crippen molar-refractivity contribution in [3.8, 4) is 0 Å². The van der Waals surface area contributed by atoms with Gasteiger partial charge in [0.25, 0.3) is 15.9 Å². The van der Waals surface area contributed by atoms with Gasteiger partial charge in [-0.15, -0.1) is 0 Å². The van der Waals surface area contributed by atoms with Gasteiger partial charge >= 0.3 is 0 Å². The summed E-state index contributed by atoms with van der Waals surface area (Å²) in [7, 11) is -3.90. The van der Waals surface area contributed by atoms with Gasteiger partial charge in [-0.2, -0.15) is 0 Å². The fourth-order valence-corrected chi connectivity index (χ4v) is 4.61. The van der Waals surface area contributed by atoms with E-state index in [4.69, 9.17) is 0 Å². The average Bonchev–Trinajstić information content (AvgIpc) is 2.68. The van der Waals surface area contributed by atoms with Gasteiger partial charge in [-0.1, -0.05) is 37.5 Å². The van der Waals surface area contributed by atoms with Crippen LogP contribution in [0.25, 0.3) is 0 Å². The number of carbonyl (C=O) groups excluding carboxylic acids is 2. The molecule has 29 heavy (non-hydrogen) atoms. The highest BCUT2D eigenvalue weighted by Crippen LogP contribution is 2.22. The van der Waals surface area contributed by atoms with Crippen molar-refractivity contribution in [3.05, 3.63) is 59.2 Å². The number of hydrogen-bond acceptors (Lipinski definition) is 4. The molecule has 6 nitrogen and oxygen atoms in total. The molecule has 1 amide bonds. The molecule has 0 aliphatic heterocycles. The Balaban J connectivity index is 1.82. The Morgan fingerprint density at radius 2 is 1.72 bits per heavy atom. The molecule has 154 valence electrons. The minimum absolute atomic E-state index is 0.00474. The molecule has 0 unspecified atom stereocenters. The van der Waals surface area contributed by atoms with Crippen molar-refractivity contribution in [2.45, 2.75) is 56.9 Å².